The van der Waals surface area contributed by atoms with Crippen LogP contribution in [-0.2, 0) is 0 Å². The quantitative estimate of drug-likeness (QED) is 0.879. The molecule has 0 radical (unpaired) electrons. The maximum atomic E-state index is 6.17. The Morgan fingerprint density at radius 2 is 2.10 bits per heavy atom. The van der Waals surface area contributed by atoms with Crippen LogP contribution in [0, 0.1) is 6.92 Å². The summed E-state index contributed by atoms with van der Waals surface area (Å²) in [6, 6.07) is 0.482. The lowest BCUT2D eigenvalue weighted by molar-refractivity contribution is 0.180. The fourth-order valence-electron chi connectivity index (χ4n) is 2.84. The van der Waals surface area contributed by atoms with E-state index in [-0.39, 0.29) is 0 Å². The fraction of sp³-hybridized carbons (Fsp3) is 0.643. The molecule has 2 aromatic heterocycles. The van der Waals surface area contributed by atoms with E-state index in [9.17, 15) is 0 Å². The molecule has 7 heteroatoms. The Balaban J connectivity index is 1.75. The molecular weight excluding hydrogens is 288 g/mol. The highest BCUT2D eigenvalue weighted by molar-refractivity contribution is 6.30. The van der Waals surface area contributed by atoms with Crippen LogP contribution < -0.4 is 5.32 Å². The van der Waals surface area contributed by atoms with Gasteiger partial charge >= 0.3 is 0 Å². The zero-order valence-corrected chi connectivity index (χ0v) is 13.3. The van der Waals surface area contributed by atoms with Crippen molar-refractivity contribution in [1.29, 1.82) is 0 Å². The molecule has 3 heterocycles. The van der Waals surface area contributed by atoms with Crippen molar-refractivity contribution >= 4 is 23.2 Å². The molecule has 1 aliphatic rings. The molecule has 1 atom stereocenters. The van der Waals surface area contributed by atoms with Gasteiger partial charge in [-0.3, -0.25) is 4.90 Å². The highest BCUT2D eigenvalue weighted by Crippen LogP contribution is 2.22. The molecule has 2 aromatic rings. The molecule has 6 nitrogen and oxygen atoms in total. The molecule has 21 heavy (non-hydrogen) atoms. The third-order valence-electron chi connectivity index (χ3n) is 4.18. The lowest BCUT2D eigenvalue weighted by atomic mass is 10.1. The topological polar surface area (TPSA) is 58.4 Å². The monoisotopic (exact) mass is 308 g/mol. The van der Waals surface area contributed by atoms with Gasteiger partial charge in [0, 0.05) is 18.2 Å². The van der Waals surface area contributed by atoms with E-state index in [1.807, 2.05) is 6.92 Å². The Morgan fingerprint density at radius 1 is 1.33 bits per heavy atom. The molecule has 114 valence electrons. The van der Waals surface area contributed by atoms with Gasteiger partial charge in [0.2, 0.25) is 0 Å². The summed E-state index contributed by atoms with van der Waals surface area (Å²) >= 11 is 6.17. The number of fused-ring (bicyclic) bond motifs is 1. The van der Waals surface area contributed by atoms with Crippen LogP contribution in [0.5, 0.6) is 0 Å². The summed E-state index contributed by atoms with van der Waals surface area (Å²) in [6.45, 7) is 7.45. The number of likely N-dealkylation sites (tertiary alicyclic amines) is 1. The molecule has 0 aliphatic carbocycles. The van der Waals surface area contributed by atoms with Crippen molar-refractivity contribution in [3.8, 4) is 0 Å². The summed E-state index contributed by atoms with van der Waals surface area (Å²) < 4.78 is 1.71. The summed E-state index contributed by atoms with van der Waals surface area (Å²) in [6.07, 6.45) is 5.46. The van der Waals surface area contributed by atoms with E-state index < -0.39 is 0 Å². The first kappa shape index (κ1) is 14.5. The summed E-state index contributed by atoms with van der Waals surface area (Å²) in [4.78, 5) is 10.9. The van der Waals surface area contributed by atoms with Gasteiger partial charge in [0.25, 0.3) is 5.78 Å². The van der Waals surface area contributed by atoms with Gasteiger partial charge in [-0.15, -0.1) is 0 Å². The van der Waals surface area contributed by atoms with Crippen LogP contribution in [0.4, 0.5) is 5.82 Å². The Hall–Kier alpha value is -1.40. The first-order valence-corrected chi connectivity index (χ1v) is 7.88. The van der Waals surface area contributed by atoms with Gasteiger partial charge < -0.3 is 5.32 Å². The number of nitrogens with zero attached hydrogens (tertiary/aromatic N) is 5. The predicted molar refractivity (Wildman–Crippen MR) is 83.9 cm³/mol. The molecule has 1 fully saturated rings. The number of hydrogen-bond acceptors (Lipinski definition) is 5. The highest BCUT2D eigenvalue weighted by Gasteiger charge is 2.18. The summed E-state index contributed by atoms with van der Waals surface area (Å²) in [7, 11) is 0. The van der Waals surface area contributed by atoms with Crippen LogP contribution in [0.15, 0.2) is 6.33 Å². The minimum atomic E-state index is 0.476. The third-order valence-corrected chi connectivity index (χ3v) is 4.55. The molecule has 0 saturated carbocycles. The SMILES string of the molecule is Cc1c(Cl)nc2ncnn2c1NCC(C)N1CCCCC1. The average Bonchev–Trinajstić information content (AvgIpc) is 2.96. The van der Waals surface area contributed by atoms with E-state index in [0.717, 1.165) is 17.9 Å². The third kappa shape index (κ3) is 2.96. The highest BCUT2D eigenvalue weighted by atomic mass is 35.5. The van der Waals surface area contributed by atoms with Crippen molar-refractivity contribution in [2.45, 2.75) is 39.2 Å². The number of aromatic nitrogens is 4. The second-order valence-corrected chi connectivity index (χ2v) is 6.03. The second-order valence-electron chi connectivity index (χ2n) is 5.67. The number of anilines is 1. The van der Waals surface area contributed by atoms with E-state index in [1.54, 1.807) is 4.52 Å². The van der Waals surface area contributed by atoms with Crippen molar-refractivity contribution in [2.75, 3.05) is 25.0 Å². The predicted octanol–water partition coefficient (Wildman–Crippen LogP) is 2.37. The van der Waals surface area contributed by atoms with Gasteiger partial charge in [-0.05, 0) is 39.8 Å². The van der Waals surface area contributed by atoms with Gasteiger partial charge in [0.15, 0.2) is 0 Å². The fourth-order valence-corrected chi connectivity index (χ4v) is 3.00. The van der Waals surface area contributed by atoms with E-state index in [0.29, 0.717) is 17.0 Å². The molecular formula is C14H21ClN6. The Labute approximate surface area is 129 Å². The Morgan fingerprint density at radius 3 is 2.86 bits per heavy atom. The maximum Gasteiger partial charge on any atom is 0.255 e. The van der Waals surface area contributed by atoms with Crippen molar-refractivity contribution in [2.24, 2.45) is 0 Å². The first-order valence-electron chi connectivity index (χ1n) is 7.50. The molecule has 0 spiro atoms. The van der Waals surface area contributed by atoms with Crippen LogP contribution in [0.25, 0.3) is 5.78 Å². The van der Waals surface area contributed by atoms with E-state index in [2.05, 4.69) is 32.2 Å². The summed E-state index contributed by atoms with van der Waals surface area (Å²) in [5.41, 5.74) is 0.903. The smallest absolute Gasteiger partial charge is 0.255 e. The van der Waals surface area contributed by atoms with Crippen molar-refractivity contribution in [3.05, 3.63) is 17.0 Å². The zero-order valence-electron chi connectivity index (χ0n) is 12.5. The number of halogens is 1. The Kier molecular flexibility index (Phi) is 4.26. The molecule has 1 N–H and O–H groups in total. The lowest BCUT2D eigenvalue weighted by Crippen LogP contribution is -2.41. The van der Waals surface area contributed by atoms with Crippen molar-refractivity contribution in [1.82, 2.24) is 24.5 Å². The van der Waals surface area contributed by atoms with Crippen LogP contribution in [0.3, 0.4) is 0 Å². The van der Waals surface area contributed by atoms with Gasteiger partial charge in [-0.25, -0.2) is 0 Å². The van der Waals surface area contributed by atoms with Crippen molar-refractivity contribution < 1.29 is 0 Å². The van der Waals surface area contributed by atoms with Crippen LogP contribution in [0.1, 0.15) is 31.7 Å². The second kappa shape index (κ2) is 6.15. The minimum Gasteiger partial charge on any atom is -0.368 e. The molecule has 0 amide bonds. The van der Waals surface area contributed by atoms with Crippen LogP contribution in [-0.4, -0.2) is 50.2 Å². The van der Waals surface area contributed by atoms with Crippen LogP contribution in [0.2, 0.25) is 5.15 Å². The first-order chi connectivity index (χ1) is 10.2. The molecule has 0 aromatic carbocycles. The van der Waals surface area contributed by atoms with Crippen molar-refractivity contribution in [3.63, 3.8) is 0 Å². The van der Waals surface area contributed by atoms with E-state index in [1.165, 1.54) is 38.7 Å². The van der Waals surface area contributed by atoms with Gasteiger partial charge in [-0.2, -0.15) is 19.6 Å². The van der Waals surface area contributed by atoms with E-state index in [4.69, 9.17) is 11.6 Å². The number of hydrogen-bond donors (Lipinski definition) is 1. The Bertz CT molecular complexity index is 619. The van der Waals surface area contributed by atoms with Gasteiger partial charge in [0.1, 0.15) is 17.3 Å². The normalized spacial score (nSPS) is 18.0. The molecule has 1 unspecified atom stereocenters. The number of rotatable bonds is 4. The number of nitrogens with one attached hydrogen (secondary N) is 1. The van der Waals surface area contributed by atoms with Crippen LogP contribution >= 0.6 is 11.6 Å². The minimum absolute atomic E-state index is 0.476. The summed E-state index contributed by atoms with van der Waals surface area (Å²) in [5, 5.41) is 8.17. The molecule has 0 bridgehead atoms. The van der Waals surface area contributed by atoms with Gasteiger partial charge in [-0.1, -0.05) is 18.0 Å². The number of piperidine rings is 1. The largest absolute Gasteiger partial charge is 0.368 e. The molecule has 3 rings (SSSR count). The van der Waals surface area contributed by atoms with E-state index >= 15 is 0 Å². The standard InChI is InChI=1S/C14H21ClN6/c1-10(20-6-4-3-5-7-20)8-16-13-11(2)12(15)19-14-17-9-18-21(13)14/h9-10,16H,3-8H2,1-2H3. The van der Waals surface area contributed by atoms with Gasteiger partial charge in [0.05, 0.1) is 0 Å². The maximum absolute atomic E-state index is 6.17. The lowest BCUT2D eigenvalue weighted by Gasteiger charge is -2.32. The molecule has 1 aliphatic heterocycles. The molecule has 1 saturated heterocycles. The average molecular weight is 309 g/mol. The summed E-state index contributed by atoms with van der Waals surface area (Å²) in [5.74, 6) is 1.41. The zero-order chi connectivity index (χ0) is 14.8.